The van der Waals surface area contributed by atoms with E-state index in [-0.39, 0.29) is 17.4 Å². The largest absolute Gasteiger partial charge is 0.369 e. The van der Waals surface area contributed by atoms with Crippen molar-refractivity contribution in [2.75, 3.05) is 36.0 Å². The van der Waals surface area contributed by atoms with Crippen molar-refractivity contribution in [3.8, 4) is 0 Å². The molecule has 4 rings (SSSR count). The molecule has 3 heterocycles. The number of amides is 1. The topological polar surface area (TPSA) is 86.4 Å². The molecule has 0 atom stereocenters. The molecule has 2 aliphatic rings. The van der Waals surface area contributed by atoms with E-state index in [1.807, 2.05) is 34.1 Å². The van der Waals surface area contributed by atoms with Crippen molar-refractivity contribution < 1.29 is 13.2 Å². The molecule has 1 N–H and O–H groups in total. The summed E-state index contributed by atoms with van der Waals surface area (Å²) in [6, 6.07) is 7.47. The fourth-order valence-corrected chi connectivity index (χ4v) is 4.59. The van der Waals surface area contributed by atoms with Crippen LogP contribution in [0.3, 0.4) is 0 Å². The van der Waals surface area contributed by atoms with Crippen molar-refractivity contribution in [3.05, 3.63) is 47.3 Å². The average Bonchev–Trinajstić information content (AvgIpc) is 3.09. The lowest BCUT2D eigenvalue weighted by Crippen LogP contribution is -2.40. The third-order valence-corrected chi connectivity index (χ3v) is 6.50. The highest BCUT2D eigenvalue weighted by atomic mass is 32.2. The van der Waals surface area contributed by atoms with Gasteiger partial charge in [-0.1, -0.05) is 6.07 Å². The number of carbonyl (C=O) groups excluding carboxylic acids is 1. The van der Waals surface area contributed by atoms with Gasteiger partial charge in [0.2, 0.25) is 0 Å². The molecule has 0 unspecified atom stereocenters. The van der Waals surface area contributed by atoms with Gasteiger partial charge in [0.25, 0.3) is 5.91 Å². The molecule has 2 aliphatic heterocycles. The highest BCUT2D eigenvalue weighted by Crippen LogP contribution is 2.22. The molecule has 1 aromatic carbocycles. The number of sulfone groups is 1. The third-order valence-electron chi connectivity index (χ3n) is 4.89. The van der Waals surface area contributed by atoms with Crippen molar-refractivity contribution in [1.82, 2.24) is 15.1 Å². The SMILES string of the molecule is O=C(c1cccc(N2CCS(=O)(=O)CC2)c1)N1CCc2[nH]ncc2C1. The zero-order valence-electron chi connectivity index (χ0n) is 13.8. The molecule has 0 spiro atoms. The first kappa shape index (κ1) is 16.1. The van der Waals surface area contributed by atoms with Gasteiger partial charge in [-0.05, 0) is 18.2 Å². The number of nitrogens with one attached hydrogen (secondary N) is 1. The van der Waals surface area contributed by atoms with Gasteiger partial charge in [-0.15, -0.1) is 0 Å². The van der Waals surface area contributed by atoms with Gasteiger partial charge in [-0.3, -0.25) is 9.89 Å². The number of aromatic nitrogens is 2. The number of fused-ring (bicyclic) bond motifs is 1. The minimum Gasteiger partial charge on any atom is -0.369 e. The normalized spacial score (nSPS) is 19.5. The van der Waals surface area contributed by atoms with E-state index in [4.69, 9.17) is 0 Å². The summed E-state index contributed by atoms with van der Waals surface area (Å²) in [5.41, 5.74) is 3.71. The van der Waals surface area contributed by atoms with E-state index >= 15 is 0 Å². The fraction of sp³-hybridized carbons (Fsp3) is 0.412. The molecule has 1 aromatic heterocycles. The van der Waals surface area contributed by atoms with Crippen LogP contribution in [0, 0.1) is 0 Å². The number of nitrogens with zero attached hydrogens (tertiary/aromatic N) is 3. The zero-order valence-corrected chi connectivity index (χ0v) is 14.6. The number of hydrogen-bond acceptors (Lipinski definition) is 5. The molecule has 0 bridgehead atoms. The lowest BCUT2D eigenvalue weighted by atomic mass is 10.1. The molecule has 132 valence electrons. The van der Waals surface area contributed by atoms with Crippen molar-refractivity contribution in [2.45, 2.75) is 13.0 Å². The van der Waals surface area contributed by atoms with Crippen LogP contribution in [0.15, 0.2) is 30.5 Å². The third kappa shape index (κ3) is 3.26. The summed E-state index contributed by atoms with van der Waals surface area (Å²) in [4.78, 5) is 16.7. The summed E-state index contributed by atoms with van der Waals surface area (Å²) in [6.07, 6.45) is 2.56. The van der Waals surface area contributed by atoms with Crippen LogP contribution in [0.2, 0.25) is 0 Å². The number of rotatable bonds is 2. The standard InChI is InChI=1S/C17H20N4O3S/c22-17(21-5-4-16-14(12-21)11-18-19-16)13-2-1-3-15(10-13)20-6-8-25(23,24)9-7-20/h1-3,10-11H,4-9,12H2,(H,18,19). The Bertz CT molecular complexity index is 892. The minimum absolute atomic E-state index is 0.00155. The molecule has 1 saturated heterocycles. The smallest absolute Gasteiger partial charge is 0.254 e. The van der Waals surface area contributed by atoms with E-state index in [0.717, 1.165) is 23.4 Å². The van der Waals surface area contributed by atoms with E-state index < -0.39 is 9.84 Å². The first-order valence-corrected chi connectivity index (χ1v) is 10.2. The van der Waals surface area contributed by atoms with Gasteiger partial charge in [-0.25, -0.2) is 8.42 Å². The predicted octanol–water partition coefficient (Wildman–Crippen LogP) is 0.843. The summed E-state index contributed by atoms with van der Waals surface area (Å²) in [7, 11) is -2.92. The number of carbonyl (C=O) groups is 1. The number of anilines is 1. The van der Waals surface area contributed by atoms with E-state index in [1.165, 1.54) is 0 Å². The monoisotopic (exact) mass is 360 g/mol. The van der Waals surface area contributed by atoms with Gasteiger partial charge in [0.15, 0.2) is 9.84 Å². The highest BCUT2D eigenvalue weighted by molar-refractivity contribution is 7.91. The minimum atomic E-state index is -2.92. The summed E-state index contributed by atoms with van der Waals surface area (Å²) >= 11 is 0. The van der Waals surface area contributed by atoms with Crippen molar-refractivity contribution in [1.29, 1.82) is 0 Å². The second-order valence-electron chi connectivity index (χ2n) is 6.54. The highest BCUT2D eigenvalue weighted by Gasteiger charge is 2.25. The second kappa shape index (κ2) is 6.18. The Morgan fingerprint density at radius 2 is 1.96 bits per heavy atom. The lowest BCUT2D eigenvalue weighted by molar-refractivity contribution is 0.0734. The van der Waals surface area contributed by atoms with Gasteiger partial charge < -0.3 is 9.80 Å². The Labute approximate surface area is 146 Å². The van der Waals surface area contributed by atoms with Gasteiger partial charge in [0, 0.05) is 55.1 Å². The summed E-state index contributed by atoms with van der Waals surface area (Å²) in [5, 5.41) is 7.01. The zero-order chi connectivity index (χ0) is 17.4. The Morgan fingerprint density at radius 1 is 1.16 bits per heavy atom. The molecule has 25 heavy (non-hydrogen) atoms. The maximum Gasteiger partial charge on any atom is 0.254 e. The molecule has 8 heteroatoms. The maximum absolute atomic E-state index is 12.9. The molecule has 1 fully saturated rings. The first-order valence-electron chi connectivity index (χ1n) is 8.38. The van der Waals surface area contributed by atoms with Crippen LogP contribution in [-0.4, -0.2) is 60.6 Å². The molecule has 0 radical (unpaired) electrons. The molecular weight excluding hydrogens is 340 g/mol. The Kier molecular flexibility index (Phi) is 3.99. The Balaban J connectivity index is 1.51. The number of H-pyrrole nitrogens is 1. The summed E-state index contributed by atoms with van der Waals surface area (Å²) in [6.45, 7) is 2.18. The molecule has 2 aromatic rings. The van der Waals surface area contributed by atoms with Crippen LogP contribution in [-0.2, 0) is 22.8 Å². The quantitative estimate of drug-likeness (QED) is 0.858. The van der Waals surface area contributed by atoms with Crippen molar-refractivity contribution >= 4 is 21.4 Å². The summed E-state index contributed by atoms with van der Waals surface area (Å²) < 4.78 is 23.2. The van der Waals surface area contributed by atoms with Crippen LogP contribution in [0.25, 0.3) is 0 Å². The van der Waals surface area contributed by atoms with E-state index in [9.17, 15) is 13.2 Å². The van der Waals surface area contributed by atoms with Crippen LogP contribution in [0.5, 0.6) is 0 Å². The lowest BCUT2D eigenvalue weighted by Gasteiger charge is -2.30. The van der Waals surface area contributed by atoms with Crippen molar-refractivity contribution in [2.24, 2.45) is 0 Å². The van der Waals surface area contributed by atoms with E-state index in [1.54, 1.807) is 6.20 Å². The number of hydrogen-bond donors (Lipinski definition) is 1. The Hall–Kier alpha value is -2.35. The van der Waals surface area contributed by atoms with Gasteiger partial charge in [0.05, 0.1) is 17.7 Å². The molecule has 1 amide bonds. The van der Waals surface area contributed by atoms with Gasteiger partial charge in [0.1, 0.15) is 0 Å². The number of benzene rings is 1. The molecule has 7 nitrogen and oxygen atoms in total. The van der Waals surface area contributed by atoms with Crippen LogP contribution in [0.1, 0.15) is 21.6 Å². The maximum atomic E-state index is 12.9. The molecule has 0 saturated carbocycles. The van der Waals surface area contributed by atoms with Gasteiger partial charge >= 0.3 is 0 Å². The Morgan fingerprint density at radius 3 is 2.76 bits per heavy atom. The summed E-state index contributed by atoms with van der Waals surface area (Å²) in [5.74, 6) is 0.333. The molecule has 0 aliphatic carbocycles. The number of aromatic amines is 1. The second-order valence-corrected chi connectivity index (χ2v) is 8.84. The van der Waals surface area contributed by atoms with Crippen LogP contribution in [0.4, 0.5) is 5.69 Å². The van der Waals surface area contributed by atoms with Crippen LogP contribution >= 0.6 is 0 Å². The predicted molar refractivity (Wildman–Crippen MR) is 94.3 cm³/mol. The average molecular weight is 360 g/mol. The van der Waals surface area contributed by atoms with E-state index in [0.29, 0.717) is 31.7 Å². The van der Waals surface area contributed by atoms with Crippen molar-refractivity contribution in [3.63, 3.8) is 0 Å². The first-order chi connectivity index (χ1) is 12.0. The molecular formula is C17H20N4O3S. The fourth-order valence-electron chi connectivity index (χ4n) is 3.38. The van der Waals surface area contributed by atoms with Crippen LogP contribution < -0.4 is 4.90 Å². The van der Waals surface area contributed by atoms with Gasteiger partial charge in [-0.2, -0.15) is 5.10 Å². The van der Waals surface area contributed by atoms with E-state index in [2.05, 4.69) is 10.2 Å².